The number of pyridine rings is 1. The maximum atomic E-state index is 12.5. The lowest BCUT2D eigenvalue weighted by atomic mass is 10.0. The van der Waals surface area contributed by atoms with E-state index >= 15 is 0 Å². The summed E-state index contributed by atoms with van der Waals surface area (Å²) in [5, 5.41) is 6.83. The van der Waals surface area contributed by atoms with E-state index in [1.807, 2.05) is 0 Å². The Labute approximate surface area is 140 Å². The van der Waals surface area contributed by atoms with Crippen molar-refractivity contribution in [1.29, 1.82) is 0 Å². The predicted molar refractivity (Wildman–Crippen MR) is 89.2 cm³/mol. The quantitative estimate of drug-likeness (QED) is 0.889. The fourth-order valence-electron chi connectivity index (χ4n) is 2.79. The van der Waals surface area contributed by atoms with Crippen LogP contribution in [0.25, 0.3) is 5.82 Å². The number of anilines is 1. The molecule has 0 saturated carbocycles. The van der Waals surface area contributed by atoms with Crippen LogP contribution in [0.5, 0.6) is 0 Å². The molecule has 1 fully saturated rings. The Morgan fingerprint density at radius 2 is 2.17 bits per heavy atom. The fraction of sp³-hybridized carbons (Fsp3) is 0.400. The summed E-state index contributed by atoms with van der Waals surface area (Å²) in [6, 6.07) is 4.58. The Kier molecular flexibility index (Phi) is 4.63. The van der Waals surface area contributed by atoms with Gasteiger partial charge in [0.05, 0.1) is 18.1 Å². The minimum absolute atomic E-state index is 0.325. The summed E-state index contributed by atoms with van der Waals surface area (Å²) in [4.78, 5) is 16.7. The first-order chi connectivity index (χ1) is 11.4. The van der Waals surface area contributed by atoms with E-state index in [9.17, 15) is 13.2 Å². The van der Waals surface area contributed by atoms with Crippen LogP contribution in [0.4, 0.5) is 5.69 Å². The molecule has 0 unspecified atom stereocenters. The minimum atomic E-state index is -3.40. The van der Waals surface area contributed by atoms with Crippen LogP contribution in [0.1, 0.15) is 19.3 Å². The number of hydrogen-bond donors (Lipinski definition) is 1. The van der Waals surface area contributed by atoms with Gasteiger partial charge in [0.1, 0.15) is 6.04 Å². The lowest BCUT2D eigenvalue weighted by Gasteiger charge is -2.32. The van der Waals surface area contributed by atoms with Crippen molar-refractivity contribution in [2.45, 2.75) is 25.3 Å². The monoisotopic (exact) mass is 349 g/mol. The Balaban J connectivity index is 1.72. The maximum Gasteiger partial charge on any atom is 0.242 e. The lowest BCUT2D eigenvalue weighted by Crippen LogP contribution is -2.49. The Bertz CT molecular complexity index is 802. The van der Waals surface area contributed by atoms with Crippen LogP contribution in [-0.2, 0) is 14.8 Å². The average molecular weight is 349 g/mol. The molecule has 0 aliphatic carbocycles. The van der Waals surface area contributed by atoms with Crippen LogP contribution in [0, 0.1) is 0 Å². The zero-order chi connectivity index (χ0) is 17.2. The van der Waals surface area contributed by atoms with E-state index in [0.29, 0.717) is 24.5 Å². The summed E-state index contributed by atoms with van der Waals surface area (Å²) < 4.78 is 26.6. The molecule has 0 spiro atoms. The van der Waals surface area contributed by atoms with Crippen molar-refractivity contribution in [3.05, 3.63) is 36.8 Å². The topological polar surface area (TPSA) is 97.2 Å². The minimum Gasteiger partial charge on any atom is -0.323 e. The molecule has 0 bridgehead atoms. The number of amides is 1. The highest BCUT2D eigenvalue weighted by Gasteiger charge is 2.34. The zero-order valence-electron chi connectivity index (χ0n) is 13.3. The summed E-state index contributed by atoms with van der Waals surface area (Å²) in [6.45, 7) is 0.382. The molecule has 24 heavy (non-hydrogen) atoms. The van der Waals surface area contributed by atoms with Gasteiger partial charge in [-0.05, 0) is 31.0 Å². The Morgan fingerprint density at radius 1 is 1.33 bits per heavy atom. The molecule has 1 atom stereocenters. The van der Waals surface area contributed by atoms with Gasteiger partial charge in [-0.3, -0.25) is 4.79 Å². The van der Waals surface area contributed by atoms with E-state index in [0.717, 1.165) is 19.1 Å². The Hall–Kier alpha value is -2.26. The van der Waals surface area contributed by atoms with Crippen molar-refractivity contribution < 1.29 is 13.2 Å². The number of carbonyl (C=O) groups excluding carboxylic acids is 1. The standard InChI is InChI=1S/C15H19N5O3S/c1-24(22,23)20-10-3-2-5-13(20)15(21)18-12-6-7-14(16-11-12)19-9-4-8-17-19/h4,6-9,11,13H,2-3,5,10H2,1H3,(H,18,21)/t13-/m0/s1. The van der Waals surface area contributed by atoms with Crippen molar-refractivity contribution in [1.82, 2.24) is 19.1 Å². The molecule has 1 N–H and O–H groups in total. The highest BCUT2D eigenvalue weighted by Crippen LogP contribution is 2.21. The summed E-state index contributed by atoms with van der Waals surface area (Å²) in [5.74, 6) is 0.308. The molecule has 1 saturated heterocycles. The van der Waals surface area contributed by atoms with Crippen molar-refractivity contribution in [2.24, 2.45) is 0 Å². The van der Waals surface area contributed by atoms with Gasteiger partial charge in [0.15, 0.2) is 5.82 Å². The van der Waals surface area contributed by atoms with Crippen LogP contribution >= 0.6 is 0 Å². The van der Waals surface area contributed by atoms with Gasteiger partial charge >= 0.3 is 0 Å². The molecule has 128 valence electrons. The highest BCUT2D eigenvalue weighted by atomic mass is 32.2. The van der Waals surface area contributed by atoms with Crippen LogP contribution < -0.4 is 5.32 Å². The second-order valence-electron chi connectivity index (χ2n) is 5.73. The number of aromatic nitrogens is 3. The summed E-state index contributed by atoms with van der Waals surface area (Å²) >= 11 is 0. The van der Waals surface area contributed by atoms with Gasteiger partial charge in [-0.1, -0.05) is 6.42 Å². The van der Waals surface area contributed by atoms with Crippen LogP contribution in [0.3, 0.4) is 0 Å². The average Bonchev–Trinajstić information content (AvgIpc) is 3.09. The molecular formula is C15H19N5O3S. The van der Waals surface area contributed by atoms with Gasteiger partial charge < -0.3 is 5.32 Å². The third-order valence-electron chi connectivity index (χ3n) is 3.94. The molecule has 0 aromatic carbocycles. The van der Waals surface area contributed by atoms with E-state index in [1.54, 1.807) is 35.3 Å². The molecule has 0 radical (unpaired) electrons. The van der Waals surface area contributed by atoms with Crippen molar-refractivity contribution in [2.75, 3.05) is 18.1 Å². The molecule has 3 rings (SSSR count). The smallest absolute Gasteiger partial charge is 0.242 e. The molecule has 3 heterocycles. The number of piperidine rings is 1. The number of nitrogens with zero attached hydrogens (tertiary/aromatic N) is 4. The second-order valence-corrected chi connectivity index (χ2v) is 7.67. The summed E-state index contributed by atoms with van der Waals surface area (Å²) in [7, 11) is -3.40. The summed E-state index contributed by atoms with van der Waals surface area (Å²) in [5.41, 5.74) is 0.523. The molecule has 8 nitrogen and oxygen atoms in total. The van der Waals surface area contributed by atoms with Crippen molar-refractivity contribution in [3.8, 4) is 5.82 Å². The first kappa shape index (κ1) is 16.6. The first-order valence-electron chi connectivity index (χ1n) is 7.69. The summed E-state index contributed by atoms with van der Waals surface area (Å²) in [6.07, 6.45) is 8.23. The second kappa shape index (κ2) is 6.70. The normalized spacial score (nSPS) is 19.1. The molecule has 2 aromatic rings. The first-order valence-corrected chi connectivity index (χ1v) is 9.54. The third kappa shape index (κ3) is 3.62. The van der Waals surface area contributed by atoms with Crippen molar-refractivity contribution in [3.63, 3.8) is 0 Å². The lowest BCUT2D eigenvalue weighted by molar-refractivity contribution is -0.120. The highest BCUT2D eigenvalue weighted by molar-refractivity contribution is 7.88. The van der Waals surface area contributed by atoms with E-state index < -0.39 is 16.1 Å². The zero-order valence-corrected chi connectivity index (χ0v) is 14.1. The number of rotatable bonds is 4. The van der Waals surface area contributed by atoms with E-state index in [-0.39, 0.29) is 5.91 Å². The van der Waals surface area contributed by atoms with Gasteiger partial charge in [0.25, 0.3) is 0 Å². The Morgan fingerprint density at radius 3 is 2.79 bits per heavy atom. The number of nitrogens with one attached hydrogen (secondary N) is 1. The number of hydrogen-bond acceptors (Lipinski definition) is 5. The third-order valence-corrected chi connectivity index (χ3v) is 5.23. The van der Waals surface area contributed by atoms with Crippen LogP contribution in [0.15, 0.2) is 36.8 Å². The van der Waals surface area contributed by atoms with Crippen molar-refractivity contribution >= 4 is 21.6 Å². The van der Waals surface area contributed by atoms with Gasteiger partial charge in [-0.2, -0.15) is 9.40 Å². The van der Waals surface area contributed by atoms with E-state index in [2.05, 4.69) is 15.4 Å². The molecule has 2 aromatic heterocycles. The molecule has 1 amide bonds. The molecular weight excluding hydrogens is 330 g/mol. The predicted octanol–water partition coefficient (Wildman–Crippen LogP) is 1.02. The molecule has 9 heteroatoms. The van der Waals surface area contributed by atoms with Crippen LogP contribution in [-0.4, -0.2) is 52.2 Å². The SMILES string of the molecule is CS(=O)(=O)N1CCCC[C@H]1C(=O)Nc1ccc(-n2cccn2)nc1. The molecule has 1 aliphatic heterocycles. The number of sulfonamides is 1. The largest absolute Gasteiger partial charge is 0.323 e. The van der Waals surface area contributed by atoms with Crippen LogP contribution in [0.2, 0.25) is 0 Å². The van der Waals surface area contributed by atoms with Gasteiger partial charge in [-0.15, -0.1) is 0 Å². The van der Waals surface area contributed by atoms with E-state index in [4.69, 9.17) is 0 Å². The number of carbonyl (C=O) groups is 1. The van der Waals surface area contributed by atoms with Gasteiger partial charge in [0, 0.05) is 18.9 Å². The van der Waals surface area contributed by atoms with Gasteiger partial charge in [-0.25, -0.2) is 18.1 Å². The van der Waals surface area contributed by atoms with E-state index in [1.165, 1.54) is 10.5 Å². The maximum absolute atomic E-state index is 12.5. The fourth-order valence-corrected chi connectivity index (χ4v) is 3.91. The van der Waals surface area contributed by atoms with Gasteiger partial charge in [0.2, 0.25) is 15.9 Å². The molecule has 1 aliphatic rings.